The molecule has 4 aromatic rings. The molecule has 0 bridgehead atoms. The second-order valence-electron chi connectivity index (χ2n) is 6.76. The number of rotatable bonds is 5. The molecule has 0 saturated heterocycles. The molecule has 1 aromatic heterocycles. The molecule has 4 rings (SSSR count). The lowest BCUT2D eigenvalue weighted by atomic mass is 10.1. The van der Waals surface area contributed by atoms with Gasteiger partial charge in [-0.2, -0.15) is 0 Å². The minimum atomic E-state index is -3.89. The zero-order chi connectivity index (χ0) is 20.6. The molecular weight excluding hydrogens is 390 g/mol. The summed E-state index contributed by atoms with van der Waals surface area (Å²) >= 11 is 0. The quantitative estimate of drug-likeness (QED) is 0.494. The van der Waals surface area contributed by atoms with Crippen LogP contribution in [0.2, 0.25) is 0 Å². The zero-order valence-corrected chi connectivity index (χ0v) is 16.7. The predicted octanol–water partition coefficient (Wildman–Crippen LogP) is 3.28. The first-order chi connectivity index (χ1) is 13.8. The fourth-order valence-electron chi connectivity index (χ4n) is 3.04. The fraction of sp³-hybridized carbons (Fsp3) is 0.0952. The molecular formula is C21H19N3O4S. The van der Waals surface area contributed by atoms with Crippen molar-refractivity contribution in [2.75, 3.05) is 19.0 Å². The molecule has 3 aromatic carbocycles. The van der Waals surface area contributed by atoms with Crippen LogP contribution in [0.15, 0.2) is 76.0 Å². The van der Waals surface area contributed by atoms with E-state index in [1.165, 1.54) is 12.1 Å². The van der Waals surface area contributed by atoms with Crippen LogP contribution in [0.25, 0.3) is 21.9 Å². The number of fused-ring (bicyclic) bond motifs is 3. The summed E-state index contributed by atoms with van der Waals surface area (Å²) in [4.78, 5) is 16.5. The van der Waals surface area contributed by atoms with Gasteiger partial charge in [0.15, 0.2) is 0 Å². The van der Waals surface area contributed by atoms with Crippen LogP contribution in [0.5, 0.6) is 0 Å². The van der Waals surface area contributed by atoms with Crippen LogP contribution in [0.3, 0.4) is 0 Å². The van der Waals surface area contributed by atoms with Crippen molar-refractivity contribution in [3.05, 3.63) is 72.3 Å². The van der Waals surface area contributed by atoms with Crippen molar-refractivity contribution in [1.29, 1.82) is 0 Å². The molecule has 1 heterocycles. The van der Waals surface area contributed by atoms with Crippen molar-refractivity contribution in [1.82, 2.24) is 10.3 Å². The van der Waals surface area contributed by atoms with Gasteiger partial charge in [-0.15, -0.1) is 4.83 Å². The number of hydrazine groups is 1. The van der Waals surface area contributed by atoms with Gasteiger partial charge in [-0.05, 0) is 48.5 Å². The minimum absolute atomic E-state index is 0.0553. The van der Waals surface area contributed by atoms with E-state index < -0.39 is 15.9 Å². The highest BCUT2D eigenvalue weighted by Crippen LogP contribution is 2.29. The predicted molar refractivity (Wildman–Crippen MR) is 112 cm³/mol. The van der Waals surface area contributed by atoms with E-state index in [9.17, 15) is 13.2 Å². The molecule has 0 saturated carbocycles. The molecule has 0 aliphatic rings. The van der Waals surface area contributed by atoms with Crippen LogP contribution in [-0.4, -0.2) is 28.4 Å². The Kier molecular flexibility index (Phi) is 4.73. The van der Waals surface area contributed by atoms with Gasteiger partial charge < -0.3 is 9.32 Å². The highest BCUT2D eigenvalue weighted by molar-refractivity contribution is 7.89. The van der Waals surface area contributed by atoms with Crippen LogP contribution in [0, 0.1) is 0 Å². The van der Waals surface area contributed by atoms with Gasteiger partial charge in [-0.1, -0.05) is 18.2 Å². The highest BCUT2D eigenvalue weighted by atomic mass is 32.2. The number of para-hydroxylation sites is 1. The topological polar surface area (TPSA) is 91.7 Å². The first-order valence-electron chi connectivity index (χ1n) is 8.86. The summed E-state index contributed by atoms with van der Waals surface area (Å²) < 4.78 is 30.6. The first kappa shape index (κ1) is 19.0. The summed E-state index contributed by atoms with van der Waals surface area (Å²) in [7, 11) is -0.165. The Morgan fingerprint density at radius 2 is 1.59 bits per heavy atom. The van der Waals surface area contributed by atoms with E-state index in [-0.39, 0.29) is 4.90 Å². The van der Waals surface area contributed by atoms with E-state index in [2.05, 4.69) is 10.3 Å². The normalized spacial score (nSPS) is 11.7. The van der Waals surface area contributed by atoms with Gasteiger partial charge in [0, 0.05) is 36.1 Å². The van der Waals surface area contributed by atoms with Gasteiger partial charge in [0.05, 0.1) is 4.90 Å². The average Bonchev–Trinajstić information content (AvgIpc) is 3.10. The molecule has 0 atom stereocenters. The van der Waals surface area contributed by atoms with Gasteiger partial charge in [-0.3, -0.25) is 10.2 Å². The third kappa shape index (κ3) is 3.67. The molecule has 0 spiro atoms. The number of hydrogen-bond acceptors (Lipinski definition) is 5. The van der Waals surface area contributed by atoms with Crippen molar-refractivity contribution in [3.8, 4) is 0 Å². The maximum atomic E-state index is 12.5. The Labute approximate surface area is 167 Å². The van der Waals surface area contributed by atoms with E-state index in [0.29, 0.717) is 11.1 Å². The van der Waals surface area contributed by atoms with Crippen LogP contribution in [0.1, 0.15) is 10.4 Å². The number of amides is 1. The molecule has 0 aliphatic heterocycles. The molecule has 0 unspecified atom stereocenters. The number of furan rings is 1. The standard InChI is InChI=1S/C21H19N3O4S/c1-24(2)15-8-10-16(11-9-15)29(26,27)23-22-21(25)14-7-12-20-18(13-14)17-5-3-4-6-19(17)28-20/h3-13,23H,1-2H3,(H,22,25). The molecule has 2 N–H and O–H groups in total. The van der Waals surface area contributed by atoms with Crippen molar-refractivity contribution in [2.45, 2.75) is 4.90 Å². The zero-order valence-electron chi connectivity index (χ0n) is 15.8. The SMILES string of the molecule is CN(C)c1ccc(S(=O)(=O)NNC(=O)c2ccc3oc4ccccc4c3c2)cc1. The van der Waals surface area contributed by atoms with Crippen LogP contribution in [-0.2, 0) is 10.0 Å². The van der Waals surface area contributed by atoms with Gasteiger partial charge in [-0.25, -0.2) is 8.42 Å². The first-order valence-corrected chi connectivity index (χ1v) is 10.3. The Morgan fingerprint density at radius 1 is 0.897 bits per heavy atom. The van der Waals surface area contributed by atoms with Gasteiger partial charge in [0.2, 0.25) is 0 Å². The number of sulfonamides is 1. The number of nitrogens with zero attached hydrogens (tertiary/aromatic N) is 1. The number of hydrogen-bond donors (Lipinski definition) is 2. The summed E-state index contributed by atoms with van der Waals surface area (Å²) in [5, 5.41) is 1.68. The van der Waals surface area contributed by atoms with Gasteiger partial charge >= 0.3 is 0 Å². The van der Waals surface area contributed by atoms with E-state index in [1.54, 1.807) is 30.3 Å². The third-order valence-electron chi connectivity index (χ3n) is 4.60. The van der Waals surface area contributed by atoms with Gasteiger partial charge in [0.25, 0.3) is 15.9 Å². The third-order valence-corrected chi connectivity index (χ3v) is 5.86. The van der Waals surface area contributed by atoms with Crippen molar-refractivity contribution in [2.24, 2.45) is 0 Å². The summed E-state index contributed by atoms with van der Waals surface area (Å²) in [5.41, 5.74) is 4.83. The summed E-state index contributed by atoms with van der Waals surface area (Å²) in [6, 6.07) is 18.8. The van der Waals surface area contributed by atoms with Crippen LogP contribution < -0.4 is 15.2 Å². The molecule has 0 aliphatic carbocycles. The van der Waals surface area contributed by atoms with Crippen LogP contribution >= 0.6 is 0 Å². The molecule has 0 fully saturated rings. The Balaban J connectivity index is 1.53. The molecule has 29 heavy (non-hydrogen) atoms. The van der Waals surface area contributed by atoms with E-state index >= 15 is 0 Å². The fourth-order valence-corrected chi connectivity index (χ4v) is 3.87. The maximum Gasteiger partial charge on any atom is 0.266 e. The monoisotopic (exact) mass is 409 g/mol. The number of carbonyl (C=O) groups is 1. The van der Waals surface area contributed by atoms with E-state index in [4.69, 9.17) is 4.42 Å². The van der Waals surface area contributed by atoms with E-state index in [0.717, 1.165) is 22.0 Å². The van der Waals surface area contributed by atoms with Gasteiger partial charge in [0.1, 0.15) is 11.2 Å². The molecule has 148 valence electrons. The lowest BCUT2D eigenvalue weighted by Gasteiger charge is -2.13. The Morgan fingerprint density at radius 3 is 2.31 bits per heavy atom. The largest absolute Gasteiger partial charge is 0.456 e. The van der Waals surface area contributed by atoms with Crippen molar-refractivity contribution < 1.29 is 17.6 Å². The highest BCUT2D eigenvalue weighted by Gasteiger charge is 2.17. The maximum absolute atomic E-state index is 12.5. The van der Waals surface area contributed by atoms with Crippen molar-refractivity contribution in [3.63, 3.8) is 0 Å². The van der Waals surface area contributed by atoms with E-state index in [1.807, 2.05) is 43.3 Å². The lowest BCUT2D eigenvalue weighted by Crippen LogP contribution is -2.41. The second kappa shape index (κ2) is 7.23. The molecule has 1 amide bonds. The number of carbonyl (C=O) groups excluding carboxylic acids is 1. The molecule has 8 heteroatoms. The minimum Gasteiger partial charge on any atom is -0.456 e. The number of anilines is 1. The Bertz CT molecular complexity index is 1310. The second-order valence-corrected chi connectivity index (χ2v) is 8.44. The summed E-state index contributed by atoms with van der Waals surface area (Å²) in [6.07, 6.45) is 0. The number of nitrogens with one attached hydrogen (secondary N) is 2. The molecule has 0 radical (unpaired) electrons. The lowest BCUT2D eigenvalue weighted by molar-refractivity contribution is 0.0945. The number of benzene rings is 3. The molecule has 7 nitrogen and oxygen atoms in total. The Hall–Kier alpha value is -3.36. The average molecular weight is 409 g/mol. The summed E-state index contributed by atoms with van der Waals surface area (Å²) in [5.74, 6) is -0.564. The smallest absolute Gasteiger partial charge is 0.266 e. The van der Waals surface area contributed by atoms with Crippen LogP contribution in [0.4, 0.5) is 5.69 Å². The summed E-state index contributed by atoms with van der Waals surface area (Å²) in [6.45, 7) is 0. The van der Waals surface area contributed by atoms with Crippen molar-refractivity contribution >= 4 is 43.6 Å².